The second-order valence-electron chi connectivity index (χ2n) is 4.32. The lowest BCUT2D eigenvalue weighted by atomic mass is 9.82. The Kier molecular flexibility index (Phi) is 3.35. The molecule has 15 heavy (non-hydrogen) atoms. The third kappa shape index (κ3) is 2.29. The van der Waals surface area contributed by atoms with Crippen molar-refractivity contribution in [3.63, 3.8) is 0 Å². The summed E-state index contributed by atoms with van der Waals surface area (Å²) in [7, 11) is 1.51. The third-order valence-corrected chi connectivity index (χ3v) is 2.67. The molecule has 1 aromatic rings. The first kappa shape index (κ1) is 12.0. The molecule has 0 saturated carbocycles. The van der Waals surface area contributed by atoms with Crippen molar-refractivity contribution in [3.8, 4) is 5.75 Å². The number of aliphatic hydroxyl groups is 1. The zero-order valence-electron chi connectivity index (χ0n) is 9.60. The maximum atomic E-state index is 13.3. The Morgan fingerprint density at radius 3 is 2.47 bits per heavy atom. The lowest BCUT2D eigenvalue weighted by Gasteiger charge is -2.25. The van der Waals surface area contributed by atoms with E-state index >= 15 is 0 Å². The van der Waals surface area contributed by atoms with Crippen LogP contribution < -0.4 is 4.74 Å². The van der Waals surface area contributed by atoms with Gasteiger partial charge in [-0.25, -0.2) is 4.39 Å². The van der Waals surface area contributed by atoms with E-state index in [2.05, 4.69) is 0 Å². The van der Waals surface area contributed by atoms with Gasteiger partial charge in [-0.3, -0.25) is 0 Å². The smallest absolute Gasteiger partial charge is 0.127 e. The van der Waals surface area contributed by atoms with Gasteiger partial charge in [0, 0.05) is 11.5 Å². The molecule has 3 heteroatoms. The van der Waals surface area contributed by atoms with Crippen molar-refractivity contribution in [2.75, 3.05) is 13.7 Å². The highest BCUT2D eigenvalue weighted by Crippen LogP contribution is 2.32. The van der Waals surface area contributed by atoms with E-state index in [0.717, 1.165) is 11.1 Å². The highest BCUT2D eigenvalue weighted by molar-refractivity contribution is 5.43. The van der Waals surface area contributed by atoms with E-state index in [0.29, 0.717) is 5.75 Å². The molecule has 0 unspecified atom stereocenters. The van der Waals surface area contributed by atoms with Crippen LogP contribution in [0.1, 0.15) is 25.0 Å². The van der Waals surface area contributed by atoms with Crippen molar-refractivity contribution in [2.45, 2.75) is 26.2 Å². The molecule has 0 fully saturated rings. The predicted octanol–water partition coefficient (Wildman–Crippen LogP) is 2.41. The maximum Gasteiger partial charge on any atom is 0.127 e. The molecule has 1 rings (SSSR count). The van der Waals surface area contributed by atoms with E-state index in [9.17, 15) is 9.50 Å². The first-order chi connectivity index (χ1) is 6.92. The molecule has 0 bridgehead atoms. The van der Waals surface area contributed by atoms with Crippen LogP contribution in [0.2, 0.25) is 0 Å². The van der Waals surface area contributed by atoms with Gasteiger partial charge in [0.05, 0.1) is 13.7 Å². The highest BCUT2D eigenvalue weighted by atomic mass is 19.1. The molecule has 0 radical (unpaired) electrons. The zero-order chi connectivity index (χ0) is 11.6. The number of ether oxygens (including phenoxy) is 1. The number of methoxy groups -OCH3 is 1. The maximum absolute atomic E-state index is 13.3. The summed E-state index contributed by atoms with van der Waals surface area (Å²) in [4.78, 5) is 0. The highest BCUT2D eigenvalue weighted by Gasteiger charge is 2.24. The van der Waals surface area contributed by atoms with Crippen LogP contribution in [0.3, 0.4) is 0 Å². The van der Waals surface area contributed by atoms with Crippen molar-refractivity contribution < 1.29 is 14.2 Å². The predicted molar refractivity (Wildman–Crippen MR) is 57.8 cm³/mol. The molecule has 0 heterocycles. The van der Waals surface area contributed by atoms with Gasteiger partial charge >= 0.3 is 0 Å². The van der Waals surface area contributed by atoms with E-state index in [1.54, 1.807) is 0 Å². The Morgan fingerprint density at radius 2 is 2.00 bits per heavy atom. The minimum absolute atomic E-state index is 0.0273. The number of halogens is 1. The number of hydrogen-bond acceptors (Lipinski definition) is 2. The normalized spacial score (nSPS) is 11.6. The standard InChI is InChI=1S/C12H17FO2/c1-8-10(12(2,3)7-14)5-9(13)6-11(8)15-4/h5-6,14H,7H2,1-4H3. The molecule has 1 aromatic carbocycles. The van der Waals surface area contributed by atoms with E-state index in [1.807, 2.05) is 20.8 Å². The van der Waals surface area contributed by atoms with Gasteiger partial charge in [-0.1, -0.05) is 13.8 Å². The summed E-state index contributed by atoms with van der Waals surface area (Å²) in [5.41, 5.74) is 1.19. The van der Waals surface area contributed by atoms with Gasteiger partial charge in [-0.2, -0.15) is 0 Å². The Balaban J connectivity index is 3.35. The summed E-state index contributed by atoms with van der Waals surface area (Å²) < 4.78 is 18.4. The summed E-state index contributed by atoms with van der Waals surface area (Å²) in [6, 6.07) is 2.81. The molecule has 0 aliphatic carbocycles. The van der Waals surface area contributed by atoms with E-state index in [-0.39, 0.29) is 12.4 Å². The molecule has 84 valence electrons. The molecule has 1 N–H and O–H groups in total. The van der Waals surface area contributed by atoms with Crippen molar-refractivity contribution >= 4 is 0 Å². The van der Waals surface area contributed by atoms with E-state index < -0.39 is 5.41 Å². The molecule has 0 aliphatic rings. The number of aliphatic hydroxyl groups excluding tert-OH is 1. The van der Waals surface area contributed by atoms with Crippen LogP contribution in [-0.2, 0) is 5.41 Å². The van der Waals surface area contributed by atoms with Crippen LogP contribution in [0, 0.1) is 12.7 Å². The van der Waals surface area contributed by atoms with Gasteiger partial charge in [-0.05, 0) is 24.1 Å². The summed E-state index contributed by atoms with van der Waals surface area (Å²) in [6.07, 6.45) is 0. The third-order valence-electron chi connectivity index (χ3n) is 2.67. The zero-order valence-corrected chi connectivity index (χ0v) is 9.60. The molecule has 0 spiro atoms. The molecular formula is C12H17FO2. The average molecular weight is 212 g/mol. The van der Waals surface area contributed by atoms with Crippen LogP contribution in [0.15, 0.2) is 12.1 Å². The largest absolute Gasteiger partial charge is 0.496 e. The first-order valence-corrected chi connectivity index (χ1v) is 4.88. The van der Waals surface area contributed by atoms with Crippen LogP contribution in [0.4, 0.5) is 4.39 Å². The summed E-state index contributed by atoms with van der Waals surface area (Å²) in [5, 5.41) is 9.26. The fraction of sp³-hybridized carbons (Fsp3) is 0.500. The lowest BCUT2D eigenvalue weighted by Crippen LogP contribution is -2.23. The number of hydrogen-bond donors (Lipinski definition) is 1. The molecule has 0 atom stereocenters. The Morgan fingerprint density at radius 1 is 1.40 bits per heavy atom. The van der Waals surface area contributed by atoms with Gasteiger partial charge < -0.3 is 9.84 Å². The number of benzene rings is 1. The van der Waals surface area contributed by atoms with E-state index in [1.165, 1.54) is 19.2 Å². The van der Waals surface area contributed by atoms with Crippen LogP contribution in [-0.4, -0.2) is 18.8 Å². The summed E-state index contributed by atoms with van der Waals surface area (Å²) >= 11 is 0. The lowest BCUT2D eigenvalue weighted by molar-refractivity contribution is 0.217. The van der Waals surface area contributed by atoms with Crippen molar-refractivity contribution in [3.05, 3.63) is 29.1 Å². The van der Waals surface area contributed by atoms with Crippen molar-refractivity contribution in [2.24, 2.45) is 0 Å². The van der Waals surface area contributed by atoms with Crippen LogP contribution >= 0.6 is 0 Å². The quantitative estimate of drug-likeness (QED) is 0.833. The Labute approximate surface area is 89.7 Å². The van der Waals surface area contributed by atoms with Crippen molar-refractivity contribution in [1.29, 1.82) is 0 Å². The molecule has 2 nitrogen and oxygen atoms in total. The average Bonchev–Trinajstić information content (AvgIpc) is 2.20. The summed E-state index contributed by atoms with van der Waals surface area (Å²) in [5.74, 6) is 0.181. The number of rotatable bonds is 3. The summed E-state index contributed by atoms with van der Waals surface area (Å²) in [6.45, 7) is 5.58. The van der Waals surface area contributed by atoms with Crippen LogP contribution in [0.5, 0.6) is 5.75 Å². The molecule has 0 saturated heterocycles. The SMILES string of the molecule is COc1cc(F)cc(C(C)(C)CO)c1C. The second kappa shape index (κ2) is 4.19. The van der Waals surface area contributed by atoms with Gasteiger partial charge in [0.1, 0.15) is 11.6 Å². The fourth-order valence-corrected chi connectivity index (χ4v) is 1.65. The minimum Gasteiger partial charge on any atom is -0.496 e. The fourth-order valence-electron chi connectivity index (χ4n) is 1.65. The second-order valence-corrected chi connectivity index (χ2v) is 4.32. The topological polar surface area (TPSA) is 29.5 Å². The van der Waals surface area contributed by atoms with E-state index in [4.69, 9.17) is 4.74 Å². The molecule has 0 aromatic heterocycles. The van der Waals surface area contributed by atoms with Gasteiger partial charge in [0.2, 0.25) is 0 Å². The molecule has 0 amide bonds. The van der Waals surface area contributed by atoms with Gasteiger partial charge in [0.25, 0.3) is 0 Å². The monoisotopic (exact) mass is 212 g/mol. The molecular weight excluding hydrogens is 195 g/mol. The molecule has 0 aliphatic heterocycles. The first-order valence-electron chi connectivity index (χ1n) is 4.88. The van der Waals surface area contributed by atoms with Gasteiger partial charge in [0.15, 0.2) is 0 Å². The van der Waals surface area contributed by atoms with Gasteiger partial charge in [-0.15, -0.1) is 0 Å². The van der Waals surface area contributed by atoms with Crippen LogP contribution in [0.25, 0.3) is 0 Å². The van der Waals surface area contributed by atoms with Crippen molar-refractivity contribution in [1.82, 2.24) is 0 Å². The minimum atomic E-state index is -0.459. The Bertz CT molecular complexity index is 359. The Hall–Kier alpha value is -1.09.